The Morgan fingerprint density at radius 2 is 1.92 bits per heavy atom. The van der Waals surface area contributed by atoms with E-state index in [9.17, 15) is 4.79 Å². The van der Waals surface area contributed by atoms with Gasteiger partial charge in [0.25, 0.3) is 0 Å². The molecular weight excluding hydrogens is 334 g/mol. The molecule has 0 saturated carbocycles. The van der Waals surface area contributed by atoms with Gasteiger partial charge in [-0.1, -0.05) is 0 Å². The standard InChI is InChI=1S/C19H19N3O2S/c1-2-24-17-7-9-18(10-8-17)25-13-19(23)21-15-3-5-16(6-4-15)22-12-11-20-14-22/h3-12,14H,2,13H2,1H3,(H,21,23). The van der Waals surface area contributed by atoms with E-state index in [1.165, 1.54) is 11.8 Å². The predicted molar refractivity (Wildman–Crippen MR) is 101 cm³/mol. The zero-order valence-corrected chi connectivity index (χ0v) is 14.7. The maximum Gasteiger partial charge on any atom is 0.234 e. The highest BCUT2D eigenvalue weighted by Crippen LogP contribution is 2.22. The summed E-state index contributed by atoms with van der Waals surface area (Å²) in [7, 11) is 0. The van der Waals surface area contributed by atoms with Crippen LogP contribution in [0.25, 0.3) is 5.69 Å². The summed E-state index contributed by atoms with van der Waals surface area (Å²) in [6.45, 7) is 2.60. The van der Waals surface area contributed by atoms with Crippen LogP contribution >= 0.6 is 11.8 Å². The van der Waals surface area contributed by atoms with Crippen LogP contribution in [-0.2, 0) is 4.79 Å². The molecule has 2 aromatic carbocycles. The van der Waals surface area contributed by atoms with Crippen LogP contribution in [0.2, 0.25) is 0 Å². The molecule has 0 radical (unpaired) electrons. The van der Waals surface area contributed by atoms with Crippen molar-refractivity contribution in [3.63, 3.8) is 0 Å². The summed E-state index contributed by atoms with van der Waals surface area (Å²) in [6, 6.07) is 15.4. The van der Waals surface area contributed by atoms with E-state index < -0.39 is 0 Å². The number of imidazole rings is 1. The highest BCUT2D eigenvalue weighted by atomic mass is 32.2. The molecule has 3 rings (SSSR count). The van der Waals surface area contributed by atoms with E-state index >= 15 is 0 Å². The molecule has 1 aromatic heterocycles. The first-order valence-corrected chi connectivity index (χ1v) is 8.97. The fourth-order valence-electron chi connectivity index (χ4n) is 2.27. The second-order valence-electron chi connectivity index (χ2n) is 5.26. The minimum atomic E-state index is -0.0331. The number of hydrogen-bond acceptors (Lipinski definition) is 4. The van der Waals surface area contributed by atoms with Crippen LogP contribution in [0.3, 0.4) is 0 Å². The molecule has 0 spiro atoms. The molecule has 3 aromatic rings. The summed E-state index contributed by atoms with van der Waals surface area (Å²) in [6.07, 6.45) is 5.34. The number of nitrogens with one attached hydrogen (secondary N) is 1. The molecule has 6 heteroatoms. The van der Waals surface area contributed by atoms with Gasteiger partial charge in [0.05, 0.1) is 18.7 Å². The first kappa shape index (κ1) is 17.1. The topological polar surface area (TPSA) is 56.1 Å². The van der Waals surface area contributed by atoms with Gasteiger partial charge in [0.1, 0.15) is 5.75 Å². The van der Waals surface area contributed by atoms with Crippen LogP contribution in [-0.4, -0.2) is 27.8 Å². The fraction of sp³-hybridized carbons (Fsp3) is 0.158. The van der Waals surface area contributed by atoms with Crippen LogP contribution in [0.4, 0.5) is 5.69 Å². The van der Waals surface area contributed by atoms with Crippen LogP contribution in [0, 0.1) is 0 Å². The molecule has 0 unspecified atom stereocenters. The fourth-order valence-corrected chi connectivity index (χ4v) is 2.97. The molecule has 0 aliphatic heterocycles. The third-order valence-corrected chi connectivity index (χ3v) is 4.47. The van der Waals surface area contributed by atoms with Crippen molar-refractivity contribution in [1.29, 1.82) is 0 Å². The number of aromatic nitrogens is 2. The lowest BCUT2D eigenvalue weighted by Gasteiger charge is -2.08. The van der Waals surface area contributed by atoms with Gasteiger partial charge in [0.15, 0.2) is 0 Å². The van der Waals surface area contributed by atoms with E-state index in [1.807, 2.05) is 66.2 Å². The van der Waals surface area contributed by atoms with E-state index in [4.69, 9.17) is 4.74 Å². The Morgan fingerprint density at radius 3 is 2.56 bits per heavy atom. The Morgan fingerprint density at radius 1 is 1.16 bits per heavy atom. The Kier molecular flexibility index (Phi) is 5.74. The normalized spacial score (nSPS) is 10.4. The molecule has 0 bridgehead atoms. The van der Waals surface area contributed by atoms with Gasteiger partial charge in [-0.15, -0.1) is 11.8 Å². The van der Waals surface area contributed by atoms with Gasteiger partial charge in [0.2, 0.25) is 5.91 Å². The molecule has 0 saturated heterocycles. The molecule has 0 fully saturated rings. The maximum atomic E-state index is 12.1. The van der Waals surface area contributed by atoms with Crippen molar-refractivity contribution in [2.45, 2.75) is 11.8 Å². The van der Waals surface area contributed by atoms with Crippen molar-refractivity contribution in [3.05, 3.63) is 67.3 Å². The molecule has 1 amide bonds. The lowest BCUT2D eigenvalue weighted by atomic mass is 10.3. The van der Waals surface area contributed by atoms with Crippen molar-refractivity contribution >= 4 is 23.4 Å². The Hall–Kier alpha value is -2.73. The average molecular weight is 353 g/mol. The van der Waals surface area contributed by atoms with Gasteiger partial charge in [-0.2, -0.15) is 0 Å². The number of hydrogen-bond donors (Lipinski definition) is 1. The first-order chi connectivity index (χ1) is 12.2. The first-order valence-electron chi connectivity index (χ1n) is 7.98. The molecule has 0 aliphatic carbocycles. The number of amides is 1. The zero-order chi connectivity index (χ0) is 17.5. The SMILES string of the molecule is CCOc1ccc(SCC(=O)Nc2ccc(-n3ccnc3)cc2)cc1. The monoisotopic (exact) mass is 353 g/mol. The summed E-state index contributed by atoms with van der Waals surface area (Å²) >= 11 is 1.50. The smallest absolute Gasteiger partial charge is 0.234 e. The summed E-state index contributed by atoms with van der Waals surface area (Å²) in [4.78, 5) is 17.2. The van der Waals surface area contributed by atoms with Crippen LogP contribution in [0.15, 0.2) is 72.1 Å². The largest absolute Gasteiger partial charge is 0.494 e. The van der Waals surface area contributed by atoms with E-state index in [0.29, 0.717) is 12.4 Å². The molecule has 25 heavy (non-hydrogen) atoms. The molecule has 1 N–H and O–H groups in total. The number of nitrogens with zero attached hydrogens (tertiary/aromatic N) is 2. The Labute approximate surface area is 151 Å². The quantitative estimate of drug-likeness (QED) is 0.652. The Balaban J connectivity index is 1.50. The van der Waals surface area contributed by atoms with Crippen LogP contribution in [0.1, 0.15) is 6.92 Å². The van der Waals surface area contributed by atoms with Crippen molar-refractivity contribution in [2.75, 3.05) is 17.7 Å². The van der Waals surface area contributed by atoms with Gasteiger partial charge >= 0.3 is 0 Å². The molecule has 0 aliphatic rings. The van der Waals surface area contributed by atoms with Crippen LogP contribution in [0.5, 0.6) is 5.75 Å². The van der Waals surface area contributed by atoms with Gasteiger partial charge < -0.3 is 14.6 Å². The zero-order valence-electron chi connectivity index (χ0n) is 13.9. The van der Waals surface area contributed by atoms with Gasteiger partial charge in [0, 0.05) is 28.7 Å². The highest BCUT2D eigenvalue weighted by Gasteiger charge is 2.05. The van der Waals surface area contributed by atoms with Gasteiger partial charge in [-0.3, -0.25) is 4.79 Å². The number of benzene rings is 2. The van der Waals surface area contributed by atoms with Gasteiger partial charge in [-0.25, -0.2) is 4.98 Å². The lowest BCUT2D eigenvalue weighted by Crippen LogP contribution is -2.13. The minimum Gasteiger partial charge on any atom is -0.494 e. The maximum absolute atomic E-state index is 12.1. The molecular formula is C19H19N3O2S. The second kappa shape index (κ2) is 8.39. The number of anilines is 1. The number of carbonyl (C=O) groups is 1. The number of rotatable bonds is 7. The molecule has 128 valence electrons. The summed E-state index contributed by atoms with van der Waals surface area (Å²) < 4.78 is 7.32. The lowest BCUT2D eigenvalue weighted by molar-refractivity contribution is -0.113. The summed E-state index contributed by atoms with van der Waals surface area (Å²) in [5.41, 5.74) is 1.78. The predicted octanol–water partition coefficient (Wildman–Crippen LogP) is 4.00. The number of ether oxygens (including phenoxy) is 1. The van der Waals surface area contributed by atoms with E-state index in [-0.39, 0.29) is 5.91 Å². The van der Waals surface area contributed by atoms with Crippen molar-refractivity contribution in [2.24, 2.45) is 0 Å². The minimum absolute atomic E-state index is 0.0331. The van der Waals surface area contributed by atoms with Crippen molar-refractivity contribution < 1.29 is 9.53 Å². The summed E-state index contributed by atoms with van der Waals surface area (Å²) in [5, 5.41) is 2.91. The summed E-state index contributed by atoms with van der Waals surface area (Å²) in [5.74, 6) is 1.17. The molecule has 0 atom stereocenters. The van der Waals surface area contributed by atoms with Gasteiger partial charge in [-0.05, 0) is 55.5 Å². The molecule has 5 nitrogen and oxygen atoms in total. The third kappa shape index (κ3) is 4.87. The highest BCUT2D eigenvalue weighted by molar-refractivity contribution is 8.00. The Bertz CT molecular complexity index is 800. The van der Waals surface area contributed by atoms with E-state index in [1.54, 1.807) is 12.5 Å². The number of thioether (sulfide) groups is 1. The molecule has 1 heterocycles. The van der Waals surface area contributed by atoms with Crippen LogP contribution < -0.4 is 10.1 Å². The number of carbonyl (C=O) groups excluding carboxylic acids is 1. The van der Waals surface area contributed by atoms with E-state index in [0.717, 1.165) is 22.0 Å². The average Bonchev–Trinajstić information content (AvgIpc) is 3.17. The third-order valence-electron chi connectivity index (χ3n) is 3.46. The van der Waals surface area contributed by atoms with E-state index in [2.05, 4.69) is 10.3 Å². The second-order valence-corrected chi connectivity index (χ2v) is 6.31. The van der Waals surface area contributed by atoms with Crippen molar-refractivity contribution in [3.8, 4) is 11.4 Å². The van der Waals surface area contributed by atoms with Crippen molar-refractivity contribution in [1.82, 2.24) is 9.55 Å².